The van der Waals surface area contributed by atoms with Gasteiger partial charge in [0.2, 0.25) is 11.8 Å². The normalized spacial score (nSPS) is 18.4. The Bertz CT molecular complexity index is 755. The third-order valence-corrected chi connectivity index (χ3v) is 5.14. The Labute approximate surface area is 168 Å². The van der Waals surface area contributed by atoms with Crippen molar-refractivity contribution in [2.75, 3.05) is 26.2 Å². The van der Waals surface area contributed by atoms with Crippen LogP contribution in [0.5, 0.6) is 0 Å². The van der Waals surface area contributed by atoms with Gasteiger partial charge in [-0.1, -0.05) is 24.3 Å². The molecule has 2 aromatic rings. The maximum Gasteiger partial charge on any atom is 0.225 e. The Morgan fingerprint density at radius 3 is 1.52 bits per heavy atom. The Kier molecular flexibility index (Phi) is 7.30. The number of nitrogens with one attached hydrogen (secondary N) is 3. The van der Waals surface area contributed by atoms with Crippen molar-refractivity contribution in [3.63, 3.8) is 0 Å². The molecular weight excluding hydrogens is 376 g/mol. The Morgan fingerprint density at radius 1 is 0.759 bits per heavy atom. The lowest BCUT2D eigenvalue weighted by atomic mass is 9.94. The maximum atomic E-state index is 12.9. The molecule has 1 saturated heterocycles. The van der Waals surface area contributed by atoms with Crippen molar-refractivity contribution in [2.24, 2.45) is 11.8 Å². The molecule has 0 radical (unpaired) electrons. The predicted molar refractivity (Wildman–Crippen MR) is 106 cm³/mol. The fraction of sp³-hybridized carbons (Fsp3) is 0.364. The molecule has 7 heteroatoms. The van der Waals surface area contributed by atoms with Gasteiger partial charge in [-0.05, 0) is 48.2 Å². The van der Waals surface area contributed by atoms with Crippen LogP contribution < -0.4 is 16.0 Å². The zero-order valence-corrected chi connectivity index (χ0v) is 16.1. The van der Waals surface area contributed by atoms with E-state index in [1.54, 1.807) is 24.3 Å². The van der Waals surface area contributed by atoms with E-state index in [-0.39, 0.29) is 23.4 Å². The second-order valence-corrected chi connectivity index (χ2v) is 7.21. The summed E-state index contributed by atoms with van der Waals surface area (Å²) in [4.78, 5) is 25.0. The summed E-state index contributed by atoms with van der Waals surface area (Å²) in [6.45, 7) is 1.77. The maximum absolute atomic E-state index is 12.9. The van der Waals surface area contributed by atoms with Gasteiger partial charge in [-0.15, -0.1) is 0 Å². The number of rotatable bonds is 8. The fourth-order valence-corrected chi connectivity index (χ4v) is 3.45. The Morgan fingerprint density at radius 2 is 1.14 bits per heavy atom. The molecule has 0 aliphatic carbocycles. The third kappa shape index (κ3) is 6.09. The molecule has 1 heterocycles. The van der Waals surface area contributed by atoms with Gasteiger partial charge in [0.1, 0.15) is 11.6 Å². The Hall–Kier alpha value is -2.80. The number of hydrogen-bond acceptors (Lipinski definition) is 3. The first-order valence-corrected chi connectivity index (χ1v) is 9.78. The first-order valence-electron chi connectivity index (χ1n) is 9.78. The topological polar surface area (TPSA) is 70.2 Å². The van der Waals surface area contributed by atoms with Crippen molar-refractivity contribution in [3.05, 3.63) is 71.3 Å². The van der Waals surface area contributed by atoms with Crippen LogP contribution in [0, 0.1) is 23.5 Å². The lowest BCUT2D eigenvalue weighted by molar-refractivity contribution is -0.132. The zero-order valence-electron chi connectivity index (χ0n) is 16.1. The molecule has 2 amide bonds. The zero-order chi connectivity index (χ0) is 20.6. The lowest BCUT2D eigenvalue weighted by Gasteiger charge is -2.18. The molecule has 1 fully saturated rings. The van der Waals surface area contributed by atoms with Crippen molar-refractivity contribution < 1.29 is 18.4 Å². The van der Waals surface area contributed by atoms with Crippen LogP contribution >= 0.6 is 0 Å². The summed E-state index contributed by atoms with van der Waals surface area (Å²) >= 11 is 0. The minimum absolute atomic E-state index is 0.157. The molecule has 0 unspecified atom stereocenters. The van der Waals surface area contributed by atoms with Gasteiger partial charge in [-0.3, -0.25) is 9.59 Å². The van der Waals surface area contributed by atoms with Gasteiger partial charge in [0, 0.05) is 26.2 Å². The number of carbonyl (C=O) groups is 2. The molecule has 154 valence electrons. The summed E-state index contributed by atoms with van der Waals surface area (Å²) in [5.41, 5.74) is 1.87. The highest BCUT2D eigenvalue weighted by molar-refractivity contribution is 5.88. The fourth-order valence-electron chi connectivity index (χ4n) is 3.45. The number of amides is 2. The highest BCUT2D eigenvalue weighted by Gasteiger charge is 2.37. The van der Waals surface area contributed by atoms with E-state index in [4.69, 9.17) is 0 Å². The molecule has 3 N–H and O–H groups in total. The molecule has 5 nitrogen and oxygen atoms in total. The van der Waals surface area contributed by atoms with Gasteiger partial charge in [-0.25, -0.2) is 8.78 Å². The second kappa shape index (κ2) is 10.1. The molecule has 0 spiro atoms. The standard InChI is InChI=1S/C22H25F2N3O2/c23-17-5-1-15(2-6-17)9-11-26-21(28)19-13-25-14-20(19)22(29)27-12-10-16-3-7-18(24)8-4-16/h1-8,19-20,25H,9-14H2,(H,26,28)(H,27,29)/t19-,20-/m0/s1. The van der Waals surface area contributed by atoms with E-state index in [1.807, 2.05) is 0 Å². The van der Waals surface area contributed by atoms with Gasteiger partial charge >= 0.3 is 0 Å². The molecule has 1 aliphatic heterocycles. The van der Waals surface area contributed by atoms with Gasteiger partial charge in [0.15, 0.2) is 0 Å². The molecule has 0 aromatic heterocycles. The quantitative estimate of drug-likeness (QED) is 0.632. The highest BCUT2D eigenvalue weighted by Crippen LogP contribution is 2.17. The molecule has 0 bridgehead atoms. The van der Waals surface area contributed by atoms with E-state index in [1.165, 1.54) is 24.3 Å². The van der Waals surface area contributed by atoms with Gasteiger partial charge in [-0.2, -0.15) is 0 Å². The largest absolute Gasteiger partial charge is 0.355 e. The summed E-state index contributed by atoms with van der Waals surface area (Å²) in [6, 6.07) is 12.3. The molecule has 2 aromatic carbocycles. The summed E-state index contributed by atoms with van der Waals surface area (Å²) in [7, 11) is 0. The highest BCUT2D eigenvalue weighted by atomic mass is 19.1. The minimum Gasteiger partial charge on any atom is -0.355 e. The summed E-state index contributed by atoms with van der Waals surface area (Å²) in [5, 5.41) is 8.85. The SMILES string of the molecule is O=C(NCCc1ccc(F)cc1)[C@H]1CNC[C@@H]1C(=O)NCCc1ccc(F)cc1. The Balaban J connectivity index is 1.42. The van der Waals surface area contributed by atoms with Crippen molar-refractivity contribution in [1.29, 1.82) is 0 Å². The molecule has 29 heavy (non-hydrogen) atoms. The van der Waals surface area contributed by atoms with Crippen LogP contribution in [0.3, 0.4) is 0 Å². The average molecular weight is 401 g/mol. The van der Waals surface area contributed by atoms with Gasteiger partial charge in [0.05, 0.1) is 11.8 Å². The van der Waals surface area contributed by atoms with Crippen LogP contribution in [0.15, 0.2) is 48.5 Å². The summed E-state index contributed by atoms with van der Waals surface area (Å²) in [6.07, 6.45) is 1.20. The number of carbonyl (C=O) groups excluding carboxylic acids is 2. The van der Waals surface area contributed by atoms with Gasteiger partial charge < -0.3 is 16.0 Å². The smallest absolute Gasteiger partial charge is 0.225 e. The first-order chi connectivity index (χ1) is 14.0. The van der Waals surface area contributed by atoms with Crippen molar-refractivity contribution in [2.45, 2.75) is 12.8 Å². The average Bonchev–Trinajstić information content (AvgIpc) is 3.21. The molecule has 2 atom stereocenters. The van der Waals surface area contributed by atoms with E-state index >= 15 is 0 Å². The van der Waals surface area contributed by atoms with Crippen LogP contribution in [-0.2, 0) is 22.4 Å². The second-order valence-electron chi connectivity index (χ2n) is 7.21. The van der Waals surface area contributed by atoms with Gasteiger partial charge in [0.25, 0.3) is 0 Å². The third-order valence-electron chi connectivity index (χ3n) is 5.14. The van der Waals surface area contributed by atoms with E-state index in [9.17, 15) is 18.4 Å². The van der Waals surface area contributed by atoms with Crippen LogP contribution in [0.1, 0.15) is 11.1 Å². The molecule has 1 aliphatic rings. The number of hydrogen-bond donors (Lipinski definition) is 3. The van der Waals surface area contributed by atoms with E-state index in [0.29, 0.717) is 39.0 Å². The van der Waals surface area contributed by atoms with Crippen molar-refractivity contribution in [1.82, 2.24) is 16.0 Å². The predicted octanol–water partition coefficient (Wildman–Crippen LogP) is 1.82. The van der Waals surface area contributed by atoms with Crippen molar-refractivity contribution >= 4 is 11.8 Å². The molecule has 0 saturated carbocycles. The minimum atomic E-state index is -0.422. The molecule has 3 rings (SSSR count). The monoisotopic (exact) mass is 401 g/mol. The summed E-state index contributed by atoms with van der Waals surface area (Å²) in [5.74, 6) is -1.74. The van der Waals surface area contributed by atoms with E-state index in [2.05, 4.69) is 16.0 Å². The van der Waals surface area contributed by atoms with Crippen LogP contribution in [0.4, 0.5) is 8.78 Å². The van der Waals surface area contributed by atoms with Crippen molar-refractivity contribution in [3.8, 4) is 0 Å². The van der Waals surface area contributed by atoms with Crippen LogP contribution in [0.2, 0.25) is 0 Å². The van der Waals surface area contributed by atoms with E-state index in [0.717, 1.165) is 11.1 Å². The molecular formula is C22H25F2N3O2. The summed E-state index contributed by atoms with van der Waals surface area (Å²) < 4.78 is 25.9. The van der Waals surface area contributed by atoms with Crippen LogP contribution in [-0.4, -0.2) is 38.0 Å². The lowest BCUT2D eigenvalue weighted by Crippen LogP contribution is -2.42. The first kappa shape index (κ1) is 20.9. The number of halogens is 2. The van der Waals surface area contributed by atoms with Crippen LogP contribution in [0.25, 0.3) is 0 Å². The number of benzene rings is 2. The van der Waals surface area contributed by atoms with E-state index < -0.39 is 11.8 Å².